The average molecular weight is 413 g/mol. The van der Waals surface area contributed by atoms with Crippen molar-refractivity contribution >= 4 is 11.9 Å². The van der Waals surface area contributed by atoms with Crippen LogP contribution in [0.15, 0.2) is 60.8 Å². The Morgan fingerprint density at radius 1 is 1.13 bits per heavy atom. The molecule has 0 unspecified atom stereocenters. The van der Waals surface area contributed by atoms with E-state index in [1.54, 1.807) is 12.3 Å². The second-order valence-electron chi connectivity index (χ2n) is 7.12. The predicted molar refractivity (Wildman–Crippen MR) is 120 cm³/mol. The number of hydrogen-bond donors (Lipinski definition) is 2. The van der Waals surface area contributed by atoms with Crippen molar-refractivity contribution < 1.29 is 14.3 Å². The number of fused-ring (bicyclic) bond motifs is 3. The Balaban J connectivity index is 1.28. The molecule has 3 aromatic rings. The first-order chi connectivity index (χ1) is 15.2. The summed E-state index contributed by atoms with van der Waals surface area (Å²) in [4.78, 5) is 16.2. The number of pyridine rings is 1. The van der Waals surface area contributed by atoms with Crippen molar-refractivity contribution in [2.45, 2.75) is 12.3 Å². The van der Waals surface area contributed by atoms with Crippen LogP contribution < -0.4 is 15.8 Å². The predicted octanol–water partition coefficient (Wildman–Crippen LogP) is 3.95. The first kappa shape index (κ1) is 20.3. The Morgan fingerprint density at radius 2 is 1.81 bits per heavy atom. The molecule has 31 heavy (non-hydrogen) atoms. The molecule has 0 bridgehead atoms. The Labute approximate surface area is 181 Å². The van der Waals surface area contributed by atoms with Crippen molar-refractivity contribution in [2.24, 2.45) is 0 Å². The monoisotopic (exact) mass is 413 g/mol. The quantitative estimate of drug-likeness (QED) is 0.489. The van der Waals surface area contributed by atoms with Gasteiger partial charge in [-0.15, -0.1) is 0 Å². The van der Waals surface area contributed by atoms with Crippen LogP contribution >= 0.6 is 0 Å². The molecule has 4 rings (SSSR count). The number of alkyl carbamates (subject to hydrolysis) is 1. The van der Waals surface area contributed by atoms with E-state index in [2.05, 4.69) is 46.4 Å². The van der Waals surface area contributed by atoms with Crippen molar-refractivity contribution in [1.29, 1.82) is 0 Å². The molecule has 0 spiro atoms. The standard InChI is InChI=1S/C25H23N3O3/c1-30-23-14-17(15-28-24(23)26)8-6-7-13-27-25(29)31-16-22-20-11-4-2-9-18(20)19-10-3-5-12-21(19)22/h2-5,9-12,14-15,22H,7,13,16H2,1H3,(H2,26,28)(H,27,29). The summed E-state index contributed by atoms with van der Waals surface area (Å²) in [6, 6.07) is 18.2. The number of carbonyl (C=O) groups is 1. The van der Waals surface area contributed by atoms with Gasteiger partial charge in [0.2, 0.25) is 0 Å². The number of hydrogen-bond acceptors (Lipinski definition) is 5. The number of anilines is 1. The van der Waals surface area contributed by atoms with Gasteiger partial charge in [0, 0.05) is 36.7 Å². The maximum Gasteiger partial charge on any atom is 0.407 e. The second kappa shape index (κ2) is 9.23. The zero-order valence-corrected chi connectivity index (χ0v) is 17.2. The lowest BCUT2D eigenvalue weighted by atomic mass is 9.98. The van der Waals surface area contributed by atoms with Crippen molar-refractivity contribution in [3.63, 3.8) is 0 Å². The normalized spacial score (nSPS) is 11.6. The van der Waals surface area contributed by atoms with E-state index in [-0.39, 0.29) is 5.92 Å². The summed E-state index contributed by atoms with van der Waals surface area (Å²) in [6.07, 6.45) is 1.63. The number of carbonyl (C=O) groups excluding carboxylic acids is 1. The van der Waals surface area contributed by atoms with E-state index in [1.165, 1.54) is 29.4 Å². The van der Waals surface area contributed by atoms with Crippen LogP contribution in [0.3, 0.4) is 0 Å². The lowest BCUT2D eigenvalue weighted by Gasteiger charge is -2.14. The van der Waals surface area contributed by atoms with Crippen LogP contribution in [-0.4, -0.2) is 31.3 Å². The molecule has 0 atom stereocenters. The van der Waals surface area contributed by atoms with E-state index in [0.29, 0.717) is 36.7 Å². The van der Waals surface area contributed by atoms with E-state index in [9.17, 15) is 4.79 Å². The number of amides is 1. The number of methoxy groups -OCH3 is 1. The Bertz CT molecular complexity index is 1120. The summed E-state index contributed by atoms with van der Waals surface area (Å²) in [5.74, 6) is 6.83. The zero-order valence-electron chi connectivity index (χ0n) is 17.2. The van der Waals surface area contributed by atoms with Crippen LogP contribution in [0.5, 0.6) is 5.75 Å². The Kier molecular flexibility index (Phi) is 6.04. The van der Waals surface area contributed by atoms with Crippen LogP contribution in [0.25, 0.3) is 11.1 Å². The van der Waals surface area contributed by atoms with E-state index < -0.39 is 6.09 Å². The van der Waals surface area contributed by atoms with E-state index >= 15 is 0 Å². The fourth-order valence-electron chi connectivity index (χ4n) is 3.73. The molecule has 1 aromatic heterocycles. The highest BCUT2D eigenvalue weighted by atomic mass is 16.5. The highest BCUT2D eigenvalue weighted by Crippen LogP contribution is 2.44. The molecule has 0 saturated heterocycles. The smallest absolute Gasteiger partial charge is 0.407 e. The highest BCUT2D eigenvalue weighted by Gasteiger charge is 2.28. The largest absolute Gasteiger partial charge is 0.493 e. The molecule has 1 heterocycles. The minimum atomic E-state index is -0.445. The maximum atomic E-state index is 12.2. The number of nitrogen functional groups attached to an aromatic ring is 1. The molecular weight excluding hydrogens is 390 g/mol. The Hall–Kier alpha value is -3.98. The van der Waals surface area contributed by atoms with Gasteiger partial charge in [0.05, 0.1) is 7.11 Å². The molecule has 6 heteroatoms. The molecular formula is C25H23N3O3. The number of nitrogens with two attached hydrogens (primary N) is 1. The average Bonchev–Trinajstić information content (AvgIpc) is 3.12. The van der Waals surface area contributed by atoms with Crippen LogP contribution in [-0.2, 0) is 4.74 Å². The van der Waals surface area contributed by atoms with Gasteiger partial charge in [-0.25, -0.2) is 9.78 Å². The van der Waals surface area contributed by atoms with Gasteiger partial charge in [-0.3, -0.25) is 0 Å². The molecule has 156 valence electrons. The molecule has 1 amide bonds. The van der Waals surface area contributed by atoms with Gasteiger partial charge < -0.3 is 20.5 Å². The number of benzene rings is 2. The molecule has 0 saturated carbocycles. The molecule has 1 aliphatic rings. The topological polar surface area (TPSA) is 86.5 Å². The van der Waals surface area contributed by atoms with Gasteiger partial charge in [-0.2, -0.15) is 0 Å². The summed E-state index contributed by atoms with van der Waals surface area (Å²) in [6.45, 7) is 0.686. The molecule has 0 fully saturated rings. The van der Waals surface area contributed by atoms with Crippen LogP contribution in [0.1, 0.15) is 29.0 Å². The number of nitrogens with zero attached hydrogens (tertiary/aromatic N) is 1. The fraction of sp³-hybridized carbons (Fsp3) is 0.200. The summed E-state index contributed by atoms with van der Waals surface area (Å²) in [5.41, 5.74) is 11.2. The SMILES string of the molecule is COc1cc(C#CCCNC(=O)OCC2c3ccccc3-c3ccccc32)cnc1N. The summed E-state index contributed by atoms with van der Waals surface area (Å²) < 4.78 is 10.6. The lowest BCUT2D eigenvalue weighted by Crippen LogP contribution is -2.26. The van der Waals surface area contributed by atoms with Crippen LogP contribution in [0.2, 0.25) is 0 Å². The minimum Gasteiger partial charge on any atom is -0.493 e. The van der Waals surface area contributed by atoms with Crippen LogP contribution in [0, 0.1) is 11.8 Å². The number of rotatable bonds is 5. The van der Waals surface area contributed by atoms with Crippen molar-refractivity contribution in [1.82, 2.24) is 10.3 Å². The van der Waals surface area contributed by atoms with Crippen molar-refractivity contribution in [3.05, 3.63) is 77.5 Å². The third kappa shape index (κ3) is 4.46. The first-order valence-corrected chi connectivity index (χ1v) is 10.0. The first-order valence-electron chi connectivity index (χ1n) is 10.0. The molecule has 0 radical (unpaired) electrons. The third-order valence-corrected chi connectivity index (χ3v) is 5.20. The van der Waals surface area contributed by atoms with E-state index in [0.717, 1.165) is 0 Å². The molecule has 0 aliphatic heterocycles. The second-order valence-corrected chi connectivity index (χ2v) is 7.12. The van der Waals surface area contributed by atoms with Gasteiger partial charge in [-0.1, -0.05) is 60.4 Å². The fourth-order valence-corrected chi connectivity index (χ4v) is 3.73. The van der Waals surface area contributed by atoms with Gasteiger partial charge in [0.15, 0.2) is 11.6 Å². The van der Waals surface area contributed by atoms with Crippen molar-refractivity contribution in [2.75, 3.05) is 26.0 Å². The minimum absolute atomic E-state index is 0.0472. The van der Waals surface area contributed by atoms with E-state index in [4.69, 9.17) is 15.2 Å². The lowest BCUT2D eigenvalue weighted by molar-refractivity contribution is 0.143. The Morgan fingerprint density at radius 3 is 2.48 bits per heavy atom. The number of aromatic nitrogens is 1. The highest BCUT2D eigenvalue weighted by molar-refractivity contribution is 5.79. The van der Waals surface area contributed by atoms with Crippen molar-refractivity contribution in [3.8, 4) is 28.7 Å². The number of nitrogens with one attached hydrogen (secondary N) is 1. The summed E-state index contributed by atoms with van der Waals surface area (Å²) >= 11 is 0. The number of ether oxygens (including phenoxy) is 2. The zero-order chi connectivity index (χ0) is 21.6. The molecule has 1 aliphatic carbocycles. The van der Waals surface area contributed by atoms with E-state index in [1.807, 2.05) is 24.3 Å². The molecule has 2 aromatic carbocycles. The van der Waals surface area contributed by atoms with Gasteiger partial charge >= 0.3 is 6.09 Å². The van der Waals surface area contributed by atoms with Gasteiger partial charge in [0.25, 0.3) is 0 Å². The molecule has 3 N–H and O–H groups in total. The summed E-state index contributed by atoms with van der Waals surface area (Å²) in [7, 11) is 1.53. The maximum absolute atomic E-state index is 12.2. The van der Waals surface area contributed by atoms with Gasteiger partial charge in [0.1, 0.15) is 6.61 Å². The third-order valence-electron chi connectivity index (χ3n) is 5.20. The van der Waals surface area contributed by atoms with Gasteiger partial charge in [-0.05, 0) is 22.3 Å². The van der Waals surface area contributed by atoms with Crippen LogP contribution in [0.4, 0.5) is 10.6 Å². The summed E-state index contributed by atoms with van der Waals surface area (Å²) in [5, 5.41) is 2.75. The molecule has 6 nitrogen and oxygen atoms in total.